The number of hydrogen-bond acceptors (Lipinski definition) is 2. The van der Waals surface area contributed by atoms with Gasteiger partial charge in [0.2, 0.25) is 0 Å². The summed E-state index contributed by atoms with van der Waals surface area (Å²) in [6.07, 6.45) is 6.33. The summed E-state index contributed by atoms with van der Waals surface area (Å²) in [6, 6.07) is 4.98. The van der Waals surface area contributed by atoms with Gasteiger partial charge in [0.1, 0.15) is 5.82 Å². The number of nitrogens with zero attached hydrogens (tertiary/aromatic N) is 2. The smallest absolute Gasteiger partial charge is 0.126 e. The highest BCUT2D eigenvalue weighted by Crippen LogP contribution is 2.40. The molecular weight excluding hydrogens is 243 g/mol. The molecule has 4 heteroatoms. The number of rotatable bonds is 3. The van der Waals surface area contributed by atoms with Gasteiger partial charge >= 0.3 is 0 Å². The lowest BCUT2D eigenvalue weighted by Crippen LogP contribution is -2.23. The summed E-state index contributed by atoms with van der Waals surface area (Å²) in [7, 11) is 1.87. The van der Waals surface area contributed by atoms with Crippen molar-refractivity contribution < 1.29 is 9.50 Å². The maximum atomic E-state index is 13.7. The maximum absolute atomic E-state index is 13.7. The molecule has 1 atom stereocenters. The molecule has 2 aromatic rings. The lowest BCUT2D eigenvalue weighted by molar-refractivity contribution is 0.0297. The van der Waals surface area contributed by atoms with Gasteiger partial charge < -0.3 is 5.11 Å². The molecule has 3 rings (SSSR count). The largest absolute Gasteiger partial charge is 0.385 e. The van der Waals surface area contributed by atoms with Crippen LogP contribution in [0.4, 0.5) is 4.39 Å². The number of aryl methyl sites for hydroxylation is 2. The lowest BCUT2D eigenvalue weighted by atomic mass is 9.90. The van der Waals surface area contributed by atoms with E-state index in [0.29, 0.717) is 24.8 Å². The van der Waals surface area contributed by atoms with Crippen LogP contribution in [0.1, 0.15) is 29.5 Å². The first-order valence-corrected chi connectivity index (χ1v) is 6.56. The molecule has 1 unspecified atom stereocenters. The first-order valence-electron chi connectivity index (χ1n) is 6.56. The van der Waals surface area contributed by atoms with E-state index in [9.17, 15) is 9.50 Å². The van der Waals surface area contributed by atoms with Crippen molar-refractivity contribution in [2.75, 3.05) is 0 Å². The second kappa shape index (κ2) is 4.46. The van der Waals surface area contributed by atoms with Gasteiger partial charge in [-0.15, -0.1) is 0 Å². The molecule has 0 amide bonds. The van der Waals surface area contributed by atoms with Crippen LogP contribution in [0, 0.1) is 5.82 Å². The first kappa shape index (κ1) is 12.4. The minimum Gasteiger partial charge on any atom is -0.385 e. The third-order valence-corrected chi connectivity index (χ3v) is 3.99. The monoisotopic (exact) mass is 260 g/mol. The molecule has 19 heavy (non-hydrogen) atoms. The molecule has 1 aromatic heterocycles. The molecule has 1 aliphatic rings. The van der Waals surface area contributed by atoms with Crippen LogP contribution in [0.2, 0.25) is 0 Å². The fourth-order valence-electron chi connectivity index (χ4n) is 2.93. The quantitative estimate of drug-likeness (QED) is 0.919. The third kappa shape index (κ3) is 2.16. The molecule has 0 bridgehead atoms. The average Bonchev–Trinajstić information content (AvgIpc) is 2.94. The summed E-state index contributed by atoms with van der Waals surface area (Å²) in [5.41, 5.74) is 1.64. The first-order chi connectivity index (χ1) is 9.08. The Morgan fingerprint density at radius 1 is 1.47 bits per heavy atom. The van der Waals surface area contributed by atoms with Crippen molar-refractivity contribution >= 4 is 0 Å². The van der Waals surface area contributed by atoms with Crippen LogP contribution in [-0.4, -0.2) is 14.9 Å². The van der Waals surface area contributed by atoms with Crippen molar-refractivity contribution in [2.24, 2.45) is 7.05 Å². The van der Waals surface area contributed by atoms with Crippen LogP contribution >= 0.6 is 0 Å². The molecule has 0 radical (unpaired) electrons. The van der Waals surface area contributed by atoms with Crippen LogP contribution in [0.25, 0.3) is 0 Å². The summed E-state index contributed by atoms with van der Waals surface area (Å²) in [4.78, 5) is 0. The van der Waals surface area contributed by atoms with Crippen LogP contribution in [0.5, 0.6) is 0 Å². The zero-order chi connectivity index (χ0) is 13.5. The number of benzene rings is 1. The van der Waals surface area contributed by atoms with Gasteiger partial charge in [-0.2, -0.15) is 5.10 Å². The van der Waals surface area contributed by atoms with E-state index >= 15 is 0 Å². The molecule has 1 aromatic carbocycles. The van der Waals surface area contributed by atoms with E-state index in [0.717, 1.165) is 17.5 Å². The predicted octanol–water partition coefficient (Wildman–Crippen LogP) is 2.33. The Morgan fingerprint density at radius 3 is 3.05 bits per heavy atom. The molecule has 0 fully saturated rings. The molecule has 0 aliphatic heterocycles. The summed E-state index contributed by atoms with van der Waals surface area (Å²) in [5.74, 6) is -0.199. The van der Waals surface area contributed by atoms with E-state index in [4.69, 9.17) is 0 Å². The molecule has 3 nitrogen and oxygen atoms in total. The topological polar surface area (TPSA) is 38.0 Å². The van der Waals surface area contributed by atoms with E-state index in [2.05, 4.69) is 5.10 Å². The molecule has 1 heterocycles. The van der Waals surface area contributed by atoms with Crippen molar-refractivity contribution in [3.05, 3.63) is 53.1 Å². The standard InChI is InChI=1S/C15H17FN2O/c1-18-10-11(9-17-18)5-7-15(19)8-6-12-13(15)3-2-4-14(12)16/h2-4,9-10,19H,5-8H2,1H3. The molecule has 0 saturated carbocycles. The molecule has 0 saturated heterocycles. The Morgan fingerprint density at radius 2 is 2.32 bits per heavy atom. The van der Waals surface area contributed by atoms with E-state index in [-0.39, 0.29) is 5.82 Å². The molecule has 0 spiro atoms. The van der Waals surface area contributed by atoms with E-state index < -0.39 is 5.60 Å². The number of fused-ring (bicyclic) bond motifs is 1. The molecule has 1 aliphatic carbocycles. The molecular formula is C15H17FN2O. The van der Waals surface area contributed by atoms with Crippen molar-refractivity contribution in [1.82, 2.24) is 9.78 Å². The van der Waals surface area contributed by atoms with Gasteiger partial charge in [0.05, 0.1) is 11.8 Å². The van der Waals surface area contributed by atoms with Gasteiger partial charge in [-0.25, -0.2) is 4.39 Å². The predicted molar refractivity (Wildman–Crippen MR) is 70.1 cm³/mol. The van der Waals surface area contributed by atoms with Crippen LogP contribution < -0.4 is 0 Å². The van der Waals surface area contributed by atoms with Gasteiger partial charge in [0, 0.05) is 13.2 Å². The second-order valence-corrected chi connectivity index (χ2v) is 5.32. The van der Waals surface area contributed by atoms with Crippen LogP contribution in [0.3, 0.4) is 0 Å². The normalized spacial score (nSPS) is 21.6. The second-order valence-electron chi connectivity index (χ2n) is 5.32. The Hall–Kier alpha value is -1.68. The van der Waals surface area contributed by atoms with E-state index in [1.54, 1.807) is 10.7 Å². The number of hydrogen-bond donors (Lipinski definition) is 1. The van der Waals surface area contributed by atoms with Crippen molar-refractivity contribution in [2.45, 2.75) is 31.3 Å². The van der Waals surface area contributed by atoms with Gasteiger partial charge in [0.25, 0.3) is 0 Å². The van der Waals surface area contributed by atoms with Crippen LogP contribution in [0.15, 0.2) is 30.6 Å². The van der Waals surface area contributed by atoms with Gasteiger partial charge in [-0.05, 0) is 48.4 Å². The van der Waals surface area contributed by atoms with Crippen molar-refractivity contribution in [1.29, 1.82) is 0 Å². The number of aliphatic hydroxyl groups is 1. The summed E-state index contributed by atoms with van der Waals surface area (Å²) >= 11 is 0. The molecule has 1 N–H and O–H groups in total. The minimum atomic E-state index is -0.896. The Balaban J connectivity index is 1.81. The Kier molecular flexibility index (Phi) is 2.90. The zero-order valence-corrected chi connectivity index (χ0v) is 10.9. The summed E-state index contributed by atoms with van der Waals surface area (Å²) in [5, 5.41) is 14.9. The maximum Gasteiger partial charge on any atom is 0.126 e. The third-order valence-electron chi connectivity index (χ3n) is 3.99. The van der Waals surface area contributed by atoms with Gasteiger partial charge in [0.15, 0.2) is 0 Å². The van der Waals surface area contributed by atoms with E-state index in [1.165, 1.54) is 6.07 Å². The SMILES string of the molecule is Cn1cc(CCC2(O)CCc3c(F)cccc32)cn1. The Labute approximate surface area is 111 Å². The van der Waals surface area contributed by atoms with Crippen LogP contribution in [-0.2, 0) is 25.5 Å². The minimum absolute atomic E-state index is 0.199. The number of halogens is 1. The zero-order valence-electron chi connectivity index (χ0n) is 10.9. The van der Waals surface area contributed by atoms with Gasteiger partial charge in [-0.1, -0.05) is 12.1 Å². The number of aromatic nitrogens is 2. The van der Waals surface area contributed by atoms with E-state index in [1.807, 2.05) is 25.5 Å². The fourth-order valence-corrected chi connectivity index (χ4v) is 2.93. The Bertz CT molecular complexity index is 608. The lowest BCUT2D eigenvalue weighted by Gasteiger charge is -2.23. The highest BCUT2D eigenvalue weighted by Gasteiger charge is 2.37. The van der Waals surface area contributed by atoms with Crippen molar-refractivity contribution in [3.8, 4) is 0 Å². The summed E-state index contributed by atoms with van der Waals surface area (Å²) in [6.45, 7) is 0. The highest BCUT2D eigenvalue weighted by molar-refractivity contribution is 5.38. The van der Waals surface area contributed by atoms with Crippen molar-refractivity contribution in [3.63, 3.8) is 0 Å². The molecule has 100 valence electrons. The summed E-state index contributed by atoms with van der Waals surface area (Å²) < 4.78 is 15.4. The average molecular weight is 260 g/mol. The fraction of sp³-hybridized carbons (Fsp3) is 0.400. The van der Waals surface area contributed by atoms with Gasteiger partial charge in [-0.3, -0.25) is 4.68 Å². The highest BCUT2D eigenvalue weighted by atomic mass is 19.1.